The highest BCUT2D eigenvalue weighted by Crippen LogP contribution is 2.24. The summed E-state index contributed by atoms with van der Waals surface area (Å²) in [4.78, 5) is 21.0. The molecular weight excluding hydrogens is 381 g/mol. The Balaban J connectivity index is 1.44. The molecule has 2 aromatic rings. The minimum absolute atomic E-state index is 0.0104. The lowest BCUT2D eigenvalue weighted by atomic mass is 9.99. The van der Waals surface area contributed by atoms with Gasteiger partial charge >= 0.3 is 0 Å². The van der Waals surface area contributed by atoms with Gasteiger partial charge in [-0.2, -0.15) is 0 Å². The molecule has 3 rings (SSSR count). The molecule has 1 amide bonds. The molecule has 2 atom stereocenters. The number of amides is 1. The van der Waals surface area contributed by atoms with E-state index in [-0.39, 0.29) is 17.8 Å². The van der Waals surface area contributed by atoms with E-state index in [2.05, 4.69) is 34.6 Å². The smallest absolute Gasteiger partial charge is 0.255 e. The molecule has 1 saturated heterocycles. The van der Waals surface area contributed by atoms with Gasteiger partial charge in [-0.1, -0.05) is 12.1 Å². The summed E-state index contributed by atoms with van der Waals surface area (Å²) < 4.78 is 13.4. The maximum absolute atomic E-state index is 13.4. The third-order valence-corrected chi connectivity index (χ3v) is 5.71. The molecule has 2 unspecified atom stereocenters. The number of anilines is 1. The third-order valence-electron chi connectivity index (χ3n) is 5.71. The summed E-state index contributed by atoms with van der Waals surface area (Å²) in [6.07, 6.45) is 4.40. The van der Waals surface area contributed by atoms with Gasteiger partial charge in [-0.05, 0) is 62.9 Å². The number of hydrogen-bond acceptors (Lipinski definition) is 5. The molecule has 0 radical (unpaired) electrons. The van der Waals surface area contributed by atoms with Crippen LogP contribution in [0.3, 0.4) is 0 Å². The topological polar surface area (TPSA) is 60.5 Å². The first-order chi connectivity index (χ1) is 14.5. The molecule has 1 aliphatic rings. The lowest BCUT2D eigenvalue weighted by molar-refractivity contribution is 0.0791. The fourth-order valence-electron chi connectivity index (χ4n) is 3.90. The van der Waals surface area contributed by atoms with Gasteiger partial charge in [0.15, 0.2) is 0 Å². The SMILES string of the molecule is CCN(CC)c1ccc(C(=O)N(C)CCCC2CC(c3cccc(F)c3)NN2)cn1. The molecule has 1 fully saturated rings. The van der Waals surface area contributed by atoms with Gasteiger partial charge in [0.25, 0.3) is 5.91 Å². The fourth-order valence-corrected chi connectivity index (χ4v) is 3.90. The van der Waals surface area contributed by atoms with Crippen molar-refractivity contribution in [1.82, 2.24) is 20.7 Å². The van der Waals surface area contributed by atoms with Crippen LogP contribution in [0.25, 0.3) is 0 Å². The minimum Gasteiger partial charge on any atom is -0.357 e. The number of carbonyl (C=O) groups is 1. The molecule has 1 aliphatic heterocycles. The van der Waals surface area contributed by atoms with Crippen molar-refractivity contribution in [1.29, 1.82) is 0 Å². The van der Waals surface area contributed by atoms with Crippen LogP contribution in [0, 0.1) is 5.82 Å². The number of nitrogens with one attached hydrogen (secondary N) is 2. The second kappa shape index (κ2) is 10.5. The summed E-state index contributed by atoms with van der Waals surface area (Å²) >= 11 is 0. The molecule has 0 aliphatic carbocycles. The van der Waals surface area contributed by atoms with Crippen LogP contribution in [0.5, 0.6) is 0 Å². The summed E-state index contributed by atoms with van der Waals surface area (Å²) in [5.41, 5.74) is 8.12. The zero-order valence-electron chi connectivity index (χ0n) is 18.1. The average Bonchev–Trinajstić information content (AvgIpc) is 3.23. The van der Waals surface area contributed by atoms with Gasteiger partial charge in [0.1, 0.15) is 11.6 Å². The molecule has 0 saturated carbocycles. The van der Waals surface area contributed by atoms with E-state index in [1.54, 1.807) is 23.2 Å². The molecule has 2 N–H and O–H groups in total. The van der Waals surface area contributed by atoms with Crippen LogP contribution in [0.2, 0.25) is 0 Å². The third kappa shape index (κ3) is 5.55. The summed E-state index contributed by atoms with van der Waals surface area (Å²) in [7, 11) is 1.83. The van der Waals surface area contributed by atoms with Gasteiger partial charge in [-0.25, -0.2) is 9.37 Å². The van der Waals surface area contributed by atoms with Crippen molar-refractivity contribution in [3.05, 3.63) is 59.5 Å². The summed E-state index contributed by atoms with van der Waals surface area (Å²) in [5, 5.41) is 0. The molecule has 30 heavy (non-hydrogen) atoms. The highest BCUT2D eigenvalue weighted by atomic mass is 19.1. The van der Waals surface area contributed by atoms with Crippen LogP contribution in [-0.4, -0.2) is 48.5 Å². The van der Waals surface area contributed by atoms with E-state index in [1.165, 1.54) is 6.07 Å². The quantitative estimate of drug-likeness (QED) is 0.659. The number of benzene rings is 1. The van der Waals surface area contributed by atoms with Crippen molar-refractivity contribution < 1.29 is 9.18 Å². The minimum atomic E-state index is -0.211. The van der Waals surface area contributed by atoms with Crippen LogP contribution in [0.4, 0.5) is 10.2 Å². The van der Waals surface area contributed by atoms with E-state index in [0.717, 1.165) is 43.7 Å². The maximum Gasteiger partial charge on any atom is 0.255 e. The molecular formula is C23H32FN5O. The number of pyridine rings is 1. The number of hydrogen-bond donors (Lipinski definition) is 2. The highest BCUT2D eigenvalue weighted by molar-refractivity contribution is 5.93. The summed E-state index contributed by atoms with van der Waals surface area (Å²) in [6.45, 7) is 6.64. The Morgan fingerprint density at radius 2 is 2.00 bits per heavy atom. The Bertz CT molecular complexity index is 825. The van der Waals surface area contributed by atoms with Crippen LogP contribution in [-0.2, 0) is 0 Å². The monoisotopic (exact) mass is 413 g/mol. The first-order valence-electron chi connectivity index (χ1n) is 10.7. The fraction of sp³-hybridized carbons (Fsp3) is 0.478. The van der Waals surface area contributed by atoms with Gasteiger partial charge in [-0.15, -0.1) is 0 Å². The van der Waals surface area contributed by atoms with Crippen LogP contribution < -0.4 is 15.8 Å². The first-order valence-corrected chi connectivity index (χ1v) is 10.7. The Hall–Kier alpha value is -2.51. The van der Waals surface area contributed by atoms with E-state index in [9.17, 15) is 9.18 Å². The Labute approximate surface area is 178 Å². The van der Waals surface area contributed by atoms with Gasteiger partial charge in [0.2, 0.25) is 0 Å². The van der Waals surface area contributed by atoms with Gasteiger partial charge in [0, 0.05) is 45.0 Å². The van der Waals surface area contributed by atoms with Crippen LogP contribution >= 0.6 is 0 Å². The second-order valence-electron chi connectivity index (χ2n) is 7.78. The average molecular weight is 414 g/mol. The second-order valence-corrected chi connectivity index (χ2v) is 7.78. The zero-order chi connectivity index (χ0) is 21.5. The van der Waals surface area contributed by atoms with Crippen molar-refractivity contribution in [3.8, 4) is 0 Å². The van der Waals surface area contributed by atoms with Crippen molar-refractivity contribution in [3.63, 3.8) is 0 Å². The van der Waals surface area contributed by atoms with E-state index >= 15 is 0 Å². The van der Waals surface area contributed by atoms with Gasteiger partial charge < -0.3 is 9.80 Å². The van der Waals surface area contributed by atoms with E-state index in [1.807, 2.05) is 25.2 Å². The highest BCUT2D eigenvalue weighted by Gasteiger charge is 2.25. The number of rotatable bonds is 9. The molecule has 1 aromatic carbocycles. The summed E-state index contributed by atoms with van der Waals surface area (Å²) in [6, 6.07) is 10.9. The maximum atomic E-state index is 13.4. The van der Waals surface area contributed by atoms with Crippen LogP contribution in [0.15, 0.2) is 42.6 Å². The Morgan fingerprint density at radius 3 is 2.67 bits per heavy atom. The number of nitrogens with zero attached hydrogens (tertiary/aromatic N) is 3. The summed E-state index contributed by atoms with van der Waals surface area (Å²) in [5.74, 6) is 0.674. The lowest BCUT2D eigenvalue weighted by Crippen LogP contribution is -2.32. The Kier molecular flexibility index (Phi) is 7.76. The normalized spacial score (nSPS) is 18.4. The Morgan fingerprint density at radius 1 is 1.20 bits per heavy atom. The predicted molar refractivity (Wildman–Crippen MR) is 118 cm³/mol. The molecule has 0 bridgehead atoms. The van der Waals surface area contributed by atoms with Crippen molar-refractivity contribution in [2.45, 2.75) is 45.2 Å². The van der Waals surface area contributed by atoms with Crippen molar-refractivity contribution in [2.75, 3.05) is 31.6 Å². The molecule has 2 heterocycles. The van der Waals surface area contributed by atoms with Crippen LogP contribution in [0.1, 0.15) is 55.1 Å². The molecule has 6 nitrogen and oxygen atoms in total. The van der Waals surface area contributed by atoms with Gasteiger partial charge in [0.05, 0.1) is 5.56 Å². The van der Waals surface area contributed by atoms with E-state index in [0.29, 0.717) is 18.2 Å². The molecule has 0 spiro atoms. The zero-order valence-corrected chi connectivity index (χ0v) is 18.1. The van der Waals surface area contributed by atoms with Crippen molar-refractivity contribution in [2.24, 2.45) is 0 Å². The number of halogens is 1. The van der Waals surface area contributed by atoms with E-state index in [4.69, 9.17) is 0 Å². The van der Waals surface area contributed by atoms with Crippen molar-refractivity contribution >= 4 is 11.7 Å². The largest absolute Gasteiger partial charge is 0.357 e. The lowest BCUT2D eigenvalue weighted by Gasteiger charge is -2.21. The molecule has 1 aromatic heterocycles. The number of carbonyl (C=O) groups excluding carboxylic acids is 1. The molecule has 162 valence electrons. The predicted octanol–water partition coefficient (Wildman–Crippen LogP) is 3.53. The molecule has 7 heteroatoms. The number of hydrazine groups is 1. The number of aromatic nitrogens is 1. The van der Waals surface area contributed by atoms with E-state index < -0.39 is 0 Å². The van der Waals surface area contributed by atoms with Gasteiger partial charge in [-0.3, -0.25) is 15.6 Å². The first kappa shape index (κ1) is 22.2. The standard InChI is InChI=1S/C23H32FN5O/c1-4-29(5-2)22-12-11-18(16-25-22)23(30)28(3)13-7-10-20-15-21(27-26-20)17-8-6-9-19(24)14-17/h6,8-9,11-12,14,16,20-21,26-27H,4-5,7,10,13,15H2,1-3H3.